The maximum absolute atomic E-state index is 13.4. The number of nitrogens with zero attached hydrogens (tertiary/aromatic N) is 1. The average molecular weight is 453 g/mol. The van der Waals surface area contributed by atoms with Gasteiger partial charge in [0.15, 0.2) is 0 Å². The Morgan fingerprint density at radius 1 is 0.969 bits per heavy atom. The summed E-state index contributed by atoms with van der Waals surface area (Å²) in [4.78, 5) is 28.1. The third-order valence-corrected chi connectivity index (χ3v) is 5.51. The molecule has 0 heterocycles. The van der Waals surface area contributed by atoms with Crippen LogP contribution in [0.1, 0.15) is 42.5 Å². The summed E-state index contributed by atoms with van der Waals surface area (Å²) in [5.74, 6) is -0.793. The quantitative estimate of drug-likeness (QED) is 0.455. The summed E-state index contributed by atoms with van der Waals surface area (Å²) in [6.45, 7) is 2.36. The maximum Gasteiger partial charge on any atom is 0.247 e. The van der Waals surface area contributed by atoms with E-state index in [-0.39, 0.29) is 30.7 Å². The van der Waals surface area contributed by atoms with E-state index >= 15 is 0 Å². The molecule has 0 aliphatic carbocycles. The summed E-state index contributed by atoms with van der Waals surface area (Å²) in [6, 6.07) is 21.6. The molecule has 3 rings (SSSR count). The van der Waals surface area contributed by atoms with Crippen LogP contribution in [0.5, 0.6) is 0 Å². The summed E-state index contributed by atoms with van der Waals surface area (Å²) in [5, 5.41) is 3.50. The van der Waals surface area contributed by atoms with Gasteiger partial charge in [0.25, 0.3) is 0 Å². The lowest BCUT2D eigenvalue weighted by molar-refractivity contribution is -0.141. The van der Waals surface area contributed by atoms with Gasteiger partial charge in [-0.15, -0.1) is 0 Å². The zero-order valence-corrected chi connectivity index (χ0v) is 18.7. The number of hydrogen-bond acceptors (Lipinski definition) is 2. The van der Waals surface area contributed by atoms with E-state index in [1.807, 2.05) is 55.5 Å². The third-order valence-electron chi connectivity index (χ3n) is 5.14. The highest BCUT2D eigenvalue weighted by Gasteiger charge is 2.31. The molecule has 0 saturated heterocycles. The van der Waals surface area contributed by atoms with Crippen LogP contribution in [0.15, 0.2) is 78.9 Å². The van der Waals surface area contributed by atoms with Gasteiger partial charge >= 0.3 is 0 Å². The van der Waals surface area contributed by atoms with Gasteiger partial charge in [0.05, 0.1) is 0 Å². The predicted molar refractivity (Wildman–Crippen MR) is 124 cm³/mol. The van der Waals surface area contributed by atoms with Gasteiger partial charge in [0.1, 0.15) is 11.9 Å². The van der Waals surface area contributed by atoms with Crippen molar-refractivity contribution in [1.82, 2.24) is 10.2 Å². The van der Waals surface area contributed by atoms with E-state index in [2.05, 4.69) is 5.32 Å². The number of amides is 2. The predicted octanol–water partition coefficient (Wildman–Crippen LogP) is 5.67. The number of benzene rings is 3. The Kier molecular flexibility index (Phi) is 8.40. The Balaban J connectivity index is 1.92. The number of rotatable bonds is 9. The highest BCUT2D eigenvalue weighted by atomic mass is 35.5. The van der Waals surface area contributed by atoms with Crippen LogP contribution in [-0.4, -0.2) is 16.7 Å². The van der Waals surface area contributed by atoms with Crippen LogP contribution in [0.2, 0.25) is 5.02 Å². The lowest BCUT2D eigenvalue weighted by atomic mass is 10.0. The van der Waals surface area contributed by atoms with Crippen molar-refractivity contribution in [2.45, 2.75) is 38.9 Å². The van der Waals surface area contributed by atoms with Crippen molar-refractivity contribution in [2.75, 3.05) is 0 Å². The first-order valence-electron chi connectivity index (χ1n) is 10.6. The standard InChI is InChI=1S/C26H26ClFN2O2/c1-2-8-24(31)30(18-19-13-15-22(28)16-14-19)25(20-9-4-3-5-10-20)26(32)29-17-21-11-6-7-12-23(21)27/h3-7,9-16,25H,2,8,17-18H2,1H3,(H,29,32). The number of nitrogens with one attached hydrogen (secondary N) is 1. The molecule has 0 spiro atoms. The van der Waals surface area contributed by atoms with Crippen molar-refractivity contribution in [2.24, 2.45) is 0 Å². The van der Waals surface area contributed by atoms with E-state index in [9.17, 15) is 14.0 Å². The van der Waals surface area contributed by atoms with Crippen LogP contribution in [0.3, 0.4) is 0 Å². The van der Waals surface area contributed by atoms with Crippen LogP contribution in [0, 0.1) is 5.82 Å². The van der Waals surface area contributed by atoms with Gasteiger partial charge in [-0.05, 0) is 41.3 Å². The highest BCUT2D eigenvalue weighted by Crippen LogP contribution is 2.25. The Morgan fingerprint density at radius 3 is 2.28 bits per heavy atom. The van der Waals surface area contributed by atoms with Crippen molar-refractivity contribution in [3.63, 3.8) is 0 Å². The van der Waals surface area contributed by atoms with E-state index in [0.717, 1.165) is 11.1 Å². The number of carbonyl (C=O) groups excluding carboxylic acids is 2. The fourth-order valence-corrected chi connectivity index (χ4v) is 3.70. The average Bonchev–Trinajstić information content (AvgIpc) is 2.80. The monoisotopic (exact) mass is 452 g/mol. The summed E-state index contributed by atoms with van der Waals surface area (Å²) < 4.78 is 13.4. The third kappa shape index (κ3) is 6.17. The van der Waals surface area contributed by atoms with Crippen molar-refractivity contribution in [3.05, 3.63) is 106 Å². The molecule has 0 aliphatic rings. The largest absolute Gasteiger partial charge is 0.350 e. The first-order valence-corrected chi connectivity index (χ1v) is 11.0. The van der Waals surface area contributed by atoms with Crippen molar-refractivity contribution in [3.8, 4) is 0 Å². The summed E-state index contributed by atoms with van der Waals surface area (Å²) in [6.07, 6.45) is 0.962. The smallest absolute Gasteiger partial charge is 0.247 e. The molecule has 166 valence electrons. The summed E-state index contributed by atoms with van der Waals surface area (Å²) in [5.41, 5.74) is 2.24. The minimum atomic E-state index is -0.831. The Morgan fingerprint density at radius 2 is 1.62 bits per heavy atom. The molecule has 1 atom stereocenters. The molecule has 0 aromatic heterocycles. The molecule has 0 fully saturated rings. The van der Waals surface area contributed by atoms with Crippen LogP contribution < -0.4 is 5.32 Å². The fourth-order valence-electron chi connectivity index (χ4n) is 3.50. The lowest BCUT2D eigenvalue weighted by Gasteiger charge is -2.31. The number of carbonyl (C=O) groups is 2. The van der Waals surface area contributed by atoms with Gasteiger partial charge in [-0.3, -0.25) is 9.59 Å². The van der Waals surface area contributed by atoms with Gasteiger partial charge in [-0.1, -0.05) is 79.2 Å². The fraction of sp³-hybridized carbons (Fsp3) is 0.231. The molecular formula is C26H26ClFN2O2. The topological polar surface area (TPSA) is 49.4 Å². The van der Waals surface area contributed by atoms with Gasteiger partial charge in [-0.25, -0.2) is 4.39 Å². The molecule has 2 amide bonds. The molecule has 0 aliphatic heterocycles. The second-order valence-electron chi connectivity index (χ2n) is 7.52. The van der Waals surface area contributed by atoms with Crippen molar-refractivity contribution >= 4 is 23.4 Å². The molecule has 6 heteroatoms. The Bertz CT molecular complexity index is 1040. The van der Waals surface area contributed by atoms with Crippen LogP contribution >= 0.6 is 11.6 Å². The van der Waals surface area contributed by atoms with E-state index in [1.165, 1.54) is 12.1 Å². The van der Waals surface area contributed by atoms with Gasteiger partial charge in [0.2, 0.25) is 11.8 Å². The molecular weight excluding hydrogens is 427 g/mol. The van der Waals surface area contributed by atoms with Crippen molar-refractivity contribution < 1.29 is 14.0 Å². The van der Waals surface area contributed by atoms with Gasteiger partial charge < -0.3 is 10.2 Å². The Labute approximate surface area is 193 Å². The van der Waals surface area contributed by atoms with Crippen LogP contribution in [0.25, 0.3) is 0 Å². The van der Waals surface area contributed by atoms with E-state index in [4.69, 9.17) is 11.6 Å². The van der Waals surface area contributed by atoms with Gasteiger partial charge in [-0.2, -0.15) is 0 Å². The molecule has 0 saturated carbocycles. The molecule has 3 aromatic rings. The van der Waals surface area contributed by atoms with Crippen LogP contribution in [0.4, 0.5) is 4.39 Å². The number of hydrogen-bond donors (Lipinski definition) is 1. The van der Waals surface area contributed by atoms with E-state index in [0.29, 0.717) is 23.4 Å². The Hall–Kier alpha value is -3.18. The zero-order valence-electron chi connectivity index (χ0n) is 17.9. The number of halogens is 2. The van der Waals surface area contributed by atoms with E-state index in [1.54, 1.807) is 23.1 Å². The SMILES string of the molecule is CCCC(=O)N(Cc1ccc(F)cc1)C(C(=O)NCc1ccccc1Cl)c1ccccc1. The molecule has 4 nitrogen and oxygen atoms in total. The minimum Gasteiger partial charge on any atom is -0.350 e. The molecule has 0 bridgehead atoms. The lowest BCUT2D eigenvalue weighted by Crippen LogP contribution is -2.43. The van der Waals surface area contributed by atoms with Gasteiger partial charge in [0, 0.05) is 24.5 Å². The second kappa shape index (κ2) is 11.4. The minimum absolute atomic E-state index is 0.140. The van der Waals surface area contributed by atoms with Crippen molar-refractivity contribution in [1.29, 1.82) is 0 Å². The molecule has 0 radical (unpaired) electrons. The second-order valence-corrected chi connectivity index (χ2v) is 7.93. The maximum atomic E-state index is 13.4. The summed E-state index contributed by atoms with van der Waals surface area (Å²) >= 11 is 6.23. The molecule has 3 aromatic carbocycles. The highest BCUT2D eigenvalue weighted by molar-refractivity contribution is 6.31. The molecule has 32 heavy (non-hydrogen) atoms. The first kappa shape index (κ1) is 23.5. The van der Waals surface area contributed by atoms with Crippen LogP contribution in [-0.2, 0) is 22.7 Å². The zero-order chi connectivity index (χ0) is 22.9. The molecule has 1 N–H and O–H groups in total. The normalized spacial score (nSPS) is 11.6. The summed E-state index contributed by atoms with van der Waals surface area (Å²) in [7, 11) is 0. The first-order chi connectivity index (χ1) is 15.5. The molecule has 1 unspecified atom stereocenters. The van der Waals surface area contributed by atoms with E-state index < -0.39 is 6.04 Å².